The quantitative estimate of drug-likeness (QED) is 0.716. The number of hydrogen-bond donors (Lipinski definition) is 2. The Morgan fingerprint density at radius 2 is 2.12 bits per heavy atom. The van der Waals surface area contributed by atoms with Crippen LogP contribution in [-0.4, -0.2) is 22.0 Å². The lowest BCUT2D eigenvalue weighted by Gasteiger charge is -2.14. The fraction of sp³-hybridized carbons (Fsp3) is 0.167. The van der Waals surface area contributed by atoms with E-state index in [-0.39, 0.29) is 11.0 Å². The Morgan fingerprint density at radius 1 is 1.29 bits per heavy atom. The predicted octanol–water partition coefficient (Wildman–Crippen LogP) is 1.78. The Balaban J connectivity index is 2.24. The maximum atomic E-state index is 12.7. The van der Waals surface area contributed by atoms with Gasteiger partial charge < -0.3 is 15.6 Å². The molecule has 6 heteroatoms. The van der Waals surface area contributed by atoms with Crippen molar-refractivity contribution in [3.05, 3.63) is 70.3 Å². The normalized spacial score (nSPS) is 10.7. The van der Waals surface area contributed by atoms with Crippen LogP contribution in [-0.2, 0) is 6.54 Å². The molecule has 3 aromatic rings. The molecule has 1 aromatic carbocycles. The first-order chi connectivity index (χ1) is 11.6. The molecular formula is C18H18N4O2. The molecule has 0 aliphatic heterocycles. The third kappa shape index (κ3) is 2.86. The second-order valence-electron chi connectivity index (χ2n) is 5.46. The van der Waals surface area contributed by atoms with E-state index < -0.39 is 5.91 Å². The minimum Gasteiger partial charge on any atom is -0.398 e. The van der Waals surface area contributed by atoms with Crippen LogP contribution < -0.4 is 16.5 Å². The first kappa shape index (κ1) is 15.7. The lowest BCUT2D eigenvalue weighted by Crippen LogP contribution is -2.30. The van der Waals surface area contributed by atoms with Crippen LogP contribution in [0.15, 0.2) is 53.7 Å². The van der Waals surface area contributed by atoms with Gasteiger partial charge in [0.2, 0.25) is 5.43 Å². The zero-order valence-corrected chi connectivity index (χ0v) is 13.3. The molecule has 24 heavy (non-hydrogen) atoms. The van der Waals surface area contributed by atoms with E-state index in [4.69, 9.17) is 5.73 Å². The highest BCUT2D eigenvalue weighted by molar-refractivity contribution is 6.00. The zero-order chi connectivity index (χ0) is 17.1. The highest BCUT2D eigenvalue weighted by Gasteiger charge is 2.16. The molecule has 122 valence electrons. The number of carbonyl (C=O) groups is 1. The van der Waals surface area contributed by atoms with Gasteiger partial charge in [-0.25, -0.2) is 0 Å². The summed E-state index contributed by atoms with van der Waals surface area (Å²) in [7, 11) is 0. The van der Waals surface area contributed by atoms with E-state index in [1.165, 1.54) is 0 Å². The van der Waals surface area contributed by atoms with E-state index >= 15 is 0 Å². The molecule has 0 spiro atoms. The molecule has 6 nitrogen and oxygen atoms in total. The van der Waals surface area contributed by atoms with Crippen molar-refractivity contribution in [2.24, 2.45) is 0 Å². The average molecular weight is 322 g/mol. The van der Waals surface area contributed by atoms with Crippen molar-refractivity contribution >= 4 is 22.5 Å². The highest BCUT2D eigenvalue weighted by Crippen LogP contribution is 2.19. The lowest BCUT2D eigenvalue weighted by atomic mass is 10.1. The molecule has 0 unspecified atom stereocenters. The topological polar surface area (TPSA) is 90.0 Å². The van der Waals surface area contributed by atoms with Gasteiger partial charge in [-0.15, -0.1) is 0 Å². The monoisotopic (exact) mass is 322 g/mol. The summed E-state index contributed by atoms with van der Waals surface area (Å²) in [5.41, 5.74) is 7.76. The zero-order valence-electron chi connectivity index (χ0n) is 13.3. The molecule has 0 radical (unpaired) electrons. The number of benzene rings is 1. The van der Waals surface area contributed by atoms with Gasteiger partial charge in [0.25, 0.3) is 5.91 Å². The van der Waals surface area contributed by atoms with Gasteiger partial charge in [-0.05, 0) is 30.7 Å². The van der Waals surface area contributed by atoms with Crippen LogP contribution in [0.1, 0.15) is 22.8 Å². The van der Waals surface area contributed by atoms with Crippen molar-refractivity contribution in [2.75, 3.05) is 12.3 Å². The van der Waals surface area contributed by atoms with E-state index in [1.807, 2.05) is 29.7 Å². The van der Waals surface area contributed by atoms with Gasteiger partial charge >= 0.3 is 0 Å². The molecular weight excluding hydrogens is 304 g/mol. The highest BCUT2D eigenvalue weighted by atomic mass is 16.2. The number of hydrogen-bond acceptors (Lipinski definition) is 4. The van der Waals surface area contributed by atoms with Crippen molar-refractivity contribution in [2.45, 2.75) is 13.5 Å². The van der Waals surface area contributed by atoms with Crippen molar-refractivity contribution in [1.82, 2.24) is 14.9 Å². The number of amides is 1. The molecule has 3 rings (SSSR count). The Labute approximate surface area is 138 Å². The van der Waals surface area contributed by atoms with Gasteiger partial charge in [-0.1, -0.05) is 12.1 Å². The Bertz CT molecular complexity index is 948. The van der Waals surface area contributed by atoms with Crippen LogP contribution in [0.3, 0.4) is 0 Å². The van der Waals surface area contributed by atoms with Crippen molar-refractivity contribution in [3.8, 4) is 0 Å². The Morgan fingerprint density at radius 3 is 2.83 bits per heavy atom. The summed E-state index contributed by atoms with van der Waals surface area (Å²) in [5, 5.41) is 3.04. The standard InChI is InChI=1S/C18H18N4O2/c1-2-21-18(24)13-11-22(10-12-5-4-8-20-9-12)15-7-3-6-14(19)16(15)17(13)23/h3-9,11H,2,10,19H2,1H3,(H,21,24). The summed E-state index contributed by atoms with van der Waals surface area (Å²) in [6.07, 6.45) is 5.04. The number of pyridine rings is 2. The Kier molecular flexibility index (Phi) is 4.29. The van der Waals surface area contributed by atoms with Gasteiger partial charge in [-0.3, -0.25) is 14.6 Å². The summed E-state index contributed by atoms with van der Waals surface area (Å²) in [6.45, 7) is 2.74. The summed E-state index contributed by atoms with van der Waals surface area (Å²) in [5.74, 6) is -0.396. The predicted molar refractivity (Wildman–Crippen MR) is 94.0 cm³/mol. The third-order valence-electron chi connectivity index (χ3n) is 3.80. The minimum absolute atomic E-state index is 0.0890. The van der Waals surface area contributed by atoms with E-state index in [1.54, 1.807) is 30.7 Å². The molecule has 3 N–H and O–H groups in total. The second kappa shape index (κ2) is 6.54. The van der Waals surface area contributed by atoms with E-state index in [0.717, 1.165) is 5.56 Å². The Hall–Kier alpha value is -3.15. The summed E-state index contributed by atoms with van der Waals surface area (Å²) in [6, 6.07) is 9.07. The van der Waals surface area contributed by atoms with Crippen LogP contribution >= 0.6 is 0 Å². The van der Waals surface area contributed by atoms with Gasteiger partial charge in [0.1, 0.15) is 5.56 Å². The maximum absolute atomic E-state index is 12.7. The number of rotatable bonds is 4. The number of nitrogen functional groups attached to an aromatic ring is 1. The van der Waals surface area contributed by atoms with Crippen LogP contribution in [0.25, 0.3) is 10.9 Å². The molecule has 0 aliphatic carbocycles. The number of carbonyl (C=O) groups excluding carboxylic acids is 1. The van der Waals surface area contributed by atoms with Gasteiger partial charge in [0.05, 0.1) is 10.9 Å². The molecule has 0 saturated carbocycles. The molecule has 2 heterocycles. The number of anilines is 1. The summed E-state index contributed by atoms with van der Waals surface area (Å²) >= 11 is 0. The minimum atomic E-state index is -0.396. The van der Waals surface area contributed by atoms with Crippen molar-refractivity contribution in [1.29, 1.82) is 0 Å². The van der Waals surface area contributed by atoms with Crippen molar-refractivity contribution in [3.63, 3.8) is 0 Å². The lowest BCUT2D eigenvalue weighted by molar-refractivity contribution is 0.0954. The first-order valence-corrected chi connectivity index (χ1v) is 7.70. The van der Waals surface area contributed by atoms with Crippen LogP contribution in [0, 0.1) is 0 Å². The number of fused-ring (bicyclic) bond motifs is 1. The molecule has 0 fully saturated rings. The van der Waals surface area contributed by atoms with Crippen LogP contribution in [0.5, 0.6) is 0 Å². The smallest absolute Gasteiger partial charge is 0.256 e. The second-order valence-corrected chi connectivity index (χ2v) is 5.46. The van der Waals surface area contributed by atoms with Gasteiger partial charge in [0, 0.05) is 37.4 Å². The van der Waals surface area contributed by atoms with E-state index in [0.29, 0.717) is 29.7 Å². The molecule has 2 aromatic heterocycles. The third-order valence-corrected chi connectivity index (χ3v) is 3.80. The number of nitrogens with zero attached hydrogens (tertiary/aromatic N) is 2. The first-order valence-electron chi connectivity index (χ1n) is 7.70. The molecule has 0 aliphatic rings. The number of aromatic nitrogens is 2. The van der Waals surface area contributed by atoms with Gasteiger partial charge in [-0.2, -0.15) is 0 Å². The molecule has 1 amide bonds. The van der Waals surface area contributed by atoms with Crippen LogP contribution in [0.2, 0.25) is 0 Å². The van der Waals surface area contributed by atoms with Gasteiger partial charge in [0.15, 0.2) is 0 Å². The van der Waals surface area contributed by atoms with E-state index in [9.17, 15) is 9.59 Å². The largest absolute Gasteiger partial charge is 0.398 e. The summed E-state index contributed by atoms with van der Waals surface area (Å²) < 4.78 is 1.86. The number of nitrogens with one attached hydrogen (secondary N) is 1. The summed E-state index contributed by atoms with van der Waals surface area (Å²) in [4.78, 5) is 29.1. The fourth-order valence-electron chi connectivity index (χ4n) is 2.70. The average Bonchev–Trinajstić information content (AvgIpc) is 2.58. The molecule has 0 bridgehead atoms. The fourth-order valence-corrected chi connectivity index (χ4v) is 2.70. The SMILES string of the molecule is CCNC(=O)c1cn(Cc2cccnc2)c2cccc(N)c2c1=O. The van der Waals surface area contributed by atoms with Crippen molar-refractivity contribution < 1.29 is 4.79 Å². The number of nitrogens with two attached hydrogens (primary N) is 1. The van der Waals surface area contributed by atoms with E-state index in [2.05, 4.69) is 10.3 Å². The maximum Gasteiger partial charge on any atom is 0.256 e. The molecule has 0 saturated heterocycles. The van der Waals surface area contributed by atoms with Crippen LogP contribution in [0.4, 0.5) is 5.69 Å². The molecule has 0 atom stereocenters.